The summed E-state index contributed by atoms with van der Waals surface area (Å²) in [5.74, 6) is -0.778. The zero-order valence-corrected chi connectivity index (χ0v) is 24.0. The third kappa shape index (κ3) is 7.71. The Bertz CT molecular complexity index is 1170. The molecule has 1 aliphatic carbocycles. The third-order valence-corrected chi connectivity index (χ3v) is 8.60. The maximum Gasteiger partial charge on any atom is 0.244 e. The van der Waals surface area contributed by atoms with E-state index in [2.05, 4.69) is 27.9 Å². The number of nitrogens with zero attached hydrogens (tertiary/aromatic N) is 2. The fraction of sp³-hybridized carbons (Fsp3) is 0.417. The van der Waals surface area contributed by atoms with E-state index < -0.39 is 28.5 Å². The van der Waals surface area contributed by atoms with Gasteiger partial charge >= 0.3 is 0 Å². The van der Waals surface area contributed by atoms with E-state index in [1.807, 2.05) is 0 Å². The lowest BCUT2D eigenvalue weighted by atomic mass is 10.1. The molecule has 35 heavy (non-hydrogen) atoms. The zero-order valence-electron chi connectivity index (χ0n) is 19.5. The molecule has 11 heteroatoms. The van der Waals surface area contributed by atoms with Gasteiger partial charge in [-0.05, 0) is 84.3 Å². The van der Waals surface area contributed by atoms with Gasteiger partial charge in [-0.25, -0.2) is 8.42 Å². The van der Waals surface area contributed by atoms with Gasteiger partial charge in [0.1, 0.15) is 12.6 Å². The van der Waals surface area contributed by atoms with Gasteiger partial charge in [-0.1, -0.05) is 42.1 Å². The van der Waals surface area contributed by atoms with Crippen LogP contribution in [0.5, 0.6) is 0 Å². The number of nitrogens with one attached hydrogen (secondary N) is 1. The Balaban J connectivity index is 1.88. The molecular weight excluding hydrogens is 624 g/mol. The molecule has 7 nitrogen and oxygen atoms in total. The molecule has 1 atom stereocenters. The summed E-state index contributed by atoms with van der Waals surface area (Å²) in [5, 5.41) is 3.74. The second-order valence-electron chi connectivity index (χ2n) is 8.68. The lowest BCUT2D eigenvalue weighted by Crippen LogP contribution is -2.52. The average molecular weight is 652 g/mol. The van der Waals surface area contributed by atoms with Gasteiger partial charge in [0.25, 0.3) is 0 Å². The molecule has 0 aliphatic heterocycles. The predicted octanol–water partition coefficient (Wildman–Crippen LogP) is 4.84. The molecule has 2 amide bonds. The smallest absolute Gasteiger partial charge is 0.244 e. The first-order valence-electron chi connectivity index (χ1n) is 11.2. The van der Waals surface area contributed by atoms with E-state index >= 15 is 0 Å². The summed E-state index contributed by atoms with van der Waals surface area (Å²) in [6.45, 7) is 1.27. The fourth-order valence-electron chi connectivity index (χ4n) is 4.03. The molecule has 0 bridgehead atoms. The average Bonchev–Trinajstić information content (AvgIpc) is 3.30. The standard InChI is InChI=1S/C24H28Cl2IN3O4S/c1-16(24(32)28-19-5-3-4-6-19)29(14-17-7-12-21(25)22(26)13-17)23(31)15-30(35(2,33)34)20-10-8-18(27)9-11-20/h7-13,16,19H,3-6,14-15H2,1-2H3,(H,28,32). The molecule has 2 aromatic carbocycles. The summed E-state index contributed by atoms with van der Waals surface area (Å²) < 4.78 is 27.2. The second-order valence-corrected chi connectivity index (χ2v) is 12.6. The maximum atomic E-state index is 13.6. The van der Waals surface area contributed by atoms with Crippen molar-refractivity contribution in [2.75, 3.05) is 17.1 Å². The summed E-state index contributed by atoms with van der Waals surface area (Å²) >= 11 is 14.3. The van der Waals surface area contributed by atoms with Gasteiger partial charge in [-0.2, -0.15) is 0 Å². The van der Waals surface area contributed by atoms with Crippen molar-refractivity contribution in [1.82, 2.24) is 10.2 Å². The highest BCUT2D eigenvalue weighted by Crippen LogP contribution is 2.25. The minimum atomic E-state index is -3.76. The molecule has 0 radical (unpaired) electrons. The SMILES string of the molecule is CC(C(=O)NC1CCCC1)N(Cc1ccc(Cl)c(Cl)c1)C(=O)CN(c1ccc(I)cc1)S(C)(=O)=O. The van der Waals surface area contributed by atoms with Gasteiger partial charge in [0, 0.05) is 16.2 Å². The summed E-state index contributed by atoms with van der Waals surface area (Å²) in [6, 6.07) is 11.1. The topological polar surface area (TPSA) is 86.8 Å². The maximum absolute atomic E-state index is 13.6. The van der Waals surface area contributed by atoms with E-state index in [9.17, 15) is 18.0 Å². The van der Waals surface area contributed by atoms with E-state index in [1.54, 1.807) is 49.4 Å². The molecule has 1 fully saturated rings. The lowest BCUT2D eigenvalue weighted by molar-refractivity contribution is -0.139. The van der Waals surface area contributed by atoms with Gasteiger partial charge in [0.05, 0.1) is 22.0 Å². The zero-order chi connectivity index (χ0) is 25.8. The van der Waals surface area contributed by atoms with Crippen molar-refractivity contribution in [3.05, 3.63) is 61.6 Å². The lowest BCUT2D eigenvalue weighted by Gasteiger charge is -2.32. The van der Waals surface area contributed by atoms with Crippen LogP contribution in [-0.4, -0.2) is 50.0 Å². The highest BCUT2D eigenvalue weighted by Gasteiger charge is 2.31. The minimum absolute atomic E-state index is 0.0687. The molecule has 1 unspecified atom stereocenters. The molecule has 0 spiro atoms. The normalized spacial score (nSPS) is 15.0. The number of carbonyl (C=O) groups is 2. The van der Waals surface area contributed by atoms with Crippen LogP contribution in [0, 0.1) is 3.57 Å². The summed E-state index contributed by atoms with van der Waals surface area (Å²) in [4.78, 5) is 28.0. The van der Waals surface area contributed by atoms with Crippen LogP contribution in [0.15, 0.2) is 42.5 Å². The van der Waals surface area contributed by atoms with Gasteiger partial charge in [-0.3, -0.25) is 13.9 Å². The highest BCUT2D eigenvalue weighted by molar-refractivity contribution is 14.1. The molecule has 0 heterocycles. The second kappa shape index (κ2) is 12.1. The van der Waals surface area contributed by atoms with E-state index in [0.717, 1.165) is 39.8 Å². The van der Waals surface area contributed by atoms with Gasteiger partial charge in [0.2, 0.25) is 21.8 Å². The molecule has 3 rings (SSSR count). The highest BCUT2D eigenvalue weighted by atomic mass is 127. The van der Waals surface area contributed by atoms with Gasteiger partial charge < -0.3 is 10.2 Å². The summed E-state index contributed by atoms with van der Waals surface area (Å²) in [5.41, 5.74) is 1.05. The Labute approximate surface area is 230 Å². The third-order valence-electron chi connectivity index (χ3n) is 6.00. The van der Waals surface area contributed by atoms with Crippen LogP contribution in [0.2, 0.25) is 10.0 Å². The van der Waals surface area contributed by atoms with Crippen molar-refractivity contribution in [1.29, 1.82) is 0 Å². The Kier molecular flexibility index (Phi) is 9.70. The monoisotopic (exact) mass is 651 g/mol. The van der Waals surface area contributed by atoms with Crippen molar-refractivity contribution in [2.45, 2.75) is 51.2 Å². The van der Waals surface area contributed by atoms with Crippen molar-refractivity contribution >= 4 is 73.3 Å². The number of anilines is 1. The van der Waals surface area contributed by atoms with Crippen LogP contribution in [-0.2, 0) is 26.2 Å². The Hall–Kier alpha value is -1.56. The van der Waals surface area contributed by atoms with Crippen molar-refractivity contribution in [3.63, 3.8) is 0 Å². The first kappa shape index (κ1) is 28.0. The molecule has 1 N–H and O–H groups in total. The summed E-state index contributed by atoms with van der Waals surface area (Å²) in [7, 11) is -3.76. The van der Waals surface area contributed by atoms with E-state index in [-0.39, 0.29) is 18.5 Å². The van der Waals surface area contributed by atoms with E-state index in [4.69, 9.17) is 23.2 Å². The van der Waals surface area contributed by atoms with Crippen LogP contribution in [0.1, 0.15) is 38.2 Å². The van der Waals surface area contributed by atoms with Crippen LogP contribution in [0.4, 0.5) is 5.69 Å². The van der Waals surface area contributed by atoms with Crippen LogP contribution >= 0.6 is 45.8 Å². The first-order chi connectivity index (χ1) is 16.5. The van der Waals surface area contributed by atoms with Crippen molar-refractivity contribution in [2.24, 2.45) is 0 Å². The number of rotatable bonds is 9. The fourth-order valence-corrected chi connectivity index (χ4v) is 5.56. The van der Waals surface area contributed by atoms with Gasteiger partial charge in [0.15, 0.2) is 0 Å². The van der Waals surface area contributed by atoms with E-state index in [1.165, 1.54) is 4.90 Å². The summed E-state index contributed by atoms with van der Waals surface area (Å²) in [6.07, 6.45) is 4.99. The molecule has 1 aliphatic rings. The Morgan fingerprint density at radius 2 is 1.71 bits per heavy atom. The Morgan fingerprint density at radius 1 is 1.09 bits per heavy atom. The number of halogens is 3. The molecule has 190 valence electrons. The van der Waals surface area contributed by atoms with Crippen LogP contribution in [0.25, 0.3) is 0 Å². The first-order valence-corrected chi connectivity index (χ1v) is 14.9. The van der Waals surface area contributed by atoms with E-state index in [0.29, 0.717) is 21.3 Å². The largest absolute Gasteiger partial charge is 0.352 e. The minimum Gasteiger partial charge on any atom is -0.352 e. The molecule has 0 saturated heterocycles. The molecule has 0 aromatic heterocycles. The Morgan fingerprint density at radius 3 is 2.29 bits per heavy atom. The molecule has 1 saturated carbocycles. The van der Waals surface area contributed by atoms with Crippen molar-refractivity contribution in [3.8, 4) is 0 Å². The molecule has 2 aromatic rings. The number of carbonyl (C=O) groups excluding carboxylic acids is 2. The quantitative estimate of drug-likeness (QED) is 0.393. The predicted molar refractivity (Wildman–Crippen MR) is 148 cm³/mol. The van der Waals surface area contributed by atoms with Crippen LogP contribution < -0.4 is 9.62 Å². The number of hydrogen-bond acceptors (Lipinski definition) is 4. The number of amides is 2. The number of benzene rings is 2. The van der Waals surface area contributed by atoms with Gasteiger partial charge in [-0.15, -0.1) is 0 Å². The number of sulfonamides is 1. The van der Waals surface area contributed by atoms with Crippen molar-refractivity contribution < 1.29 is 18.0 Å². The molecular formula is C24H28Cl2IN3O4S. The van der Waals surface area contributed by atoms with Crippen LogP contribution in [0.3, 0.4) is 0 Å². The number of hydrogen-bond donors (Lipinski definition) is 1.